The van der Waals surface area contributed by atoms with Crippen LogP contribution in [0.2, 0.25) is 5.28 Å². The molecule has 0 unspecified atom stereocenters. The lowest BCUT2D eigenvalue weighted by Gasteiger charge is -2.29. The quantitative estimate of drug-likeness (QED) is 0.721. The summed E-state index contributed by atoms with van der Waals surface area (Å²) in [5.74, 6) is 0.733. The number of nitrogens with zero attached hydrogens (tertiary/aromatic N) is 2. The molecule has 0 aromatic carbocycles. The molecule has 1 aliphatic heterocycles. The zero-order chi connectivity index (χ0) is 14.2. The predicted molar refractivity (Wildman–Crippen MR) is 79.0 cm³/mol. The zero-order valence-corrected chi connectivity index (χ0v) is 12.4. The Balaban J connectivity index is 1.95. The molecule has 0 saturated heterocycles. The number of anilines is 2. The minimum absolute atomic E-state index is 0.0969. The molecule has 2 aliphatic rings. The number of amides is 1. The molecule has 2 heterocycles. The van der Waals surface area contributed by atoms with Crippen LogP contribution in [0.4, 0.5) is 11.5 Å². The van der Waals surface area contributed by atoms with Crippen molar-refractivity contribution in [3.63, 3.8) is 0 Å². The van der Waals surface area contributed by atoms with Crippen LogP contribution < -0.4 is 10.6 Å². The van der Waals surface area contributed by atoms with Gasteiger partial charge in [0.25, 0.3) is 0 Å². The van der Waals surface area contributed by atoms with Crippen LogP contribution in [0.1, 0.15) is 44.2 Å². The molecular weight excluding hydrogens is 276 g/mol. The van der Waals surface area contributed by atoms with Crippen molar-refractivity contribution in [1.29, 1.82) is 0 Å². The molecule has 1 saturated carbocycles. The van der Waals surface area contributed by atoms with Gasteiger partial charge in [-0.1, -0.05) is 25.7 Å². The third kappa shape index (κ3) is 2.35. The molecule has 5 nitrogen and oxygen atoms in total. The van der Waals surface area contributed by atoms with Gasteiger partial charge in [-0.05, 0) is 31.4 Å². The molecular formula is C14H19ClN4O. The zero-order valence-electron chi connectivity index (χ0n) is 11.6. The molecule has 1 spiro atoms. The van der Waals surface area contributed by atoms with Crippen molar-refractivity contribution in [3.8, 4) is 0 Å². The molecule has 108 valence electrons. The number of carbonyl (C=O) groups is 1. The van der Waals surface area contributed by atoms with E-state index in [1.165, 1.54) is 12.8 Å². The average molecular weight is 295 g/mol. The number of aryl methyl sites for hydroxylation is 1. The van der Waals surface area contributed by atoms with Crippen molar-refractivity contribution in [3.05, 3.63) is 11.0 Å². The molecule has 0 bridgehead atoms. The topological polar surface area (TPSA) is 66.9 Å². The highest BCUT2D eigenvalue weighted by Crippen LogP contribution is 2.40. The van der Waals surface area contributed by atoms with Crippen LogP contribution in [-0.2, 0) is 4.79 Å². The number of halogens is 1. The van der Waals surface area contributed by atoms with Crippen molar-refractivity contribution in [2.75, 3.05) is 17.2 Å². The molecule has 1 aromatic heterocycles. The average Bonchev–Trinajstić information content (AvgIpc) is 2.72. The Kier molecular flexibility index (Phi) is 3.54. The fourth-order valence-corrected chi connectivity index (χ4v) is 3.42. The number of rotatable bonds is 0. The van der Waals surface area contributed by atoms with Gasteiger partial charge in [-0.25, -0.2) is 4.98 Å². The largest absolute Gasteiger partial charge is 0.367 e. The molecule has 1 fully saturated rings. The van der Waals surface area contributed by atoms with Gasteiger partial charge in [0.05, 0.1) is 11.1 Å². The van der Waals surface area contributed by atoms with Gasteiger partial charge >= 0.3 is 0 Å². The Bertz CT molecular complexity index is 538. The van der Waals surface area contributed by atoms with Crippen LogP contribution in [0.3, 0.4) is 0 Å². The number of hydrogen-bond acceptors (Lipinski definition) is 4. The third-order valence-corrected chi connectivity index (χ3v) is 4.61. The maximum Gasteiger partial charge on any atom is 0.232 e. The fraction of sp³-hybridized carbons (Fsp3) is 0.643. The summed E-state index contributed by atoms with van der Waals surface area (Å²) in [6.07, 6.45) is 6.51. The van der Waals surface area contributed by atoms with Crippen LogP contribution in [0, 0.1) is 12.3 Å². The van der Waals surface area contributed by atoms with E-state index in [4.69, 9.17) is 11.6 Å². The predicted octanol–water partition coefficient (Wildman–Crippen LogP) is 3.14. The van der Waals surface area contributed by atoms with Gasteiger partial charge in [0.2, 0.25) is 11.2 Å². The second kappa shape index (κ2) is 5.20. The molecule has 1 aliphatic carbocycles. The lowest BCUT2D eigenvalue weighted by atomic mass is 9.79. The van der Waals surface area contributed by atoms with E-state index >= 15 is 0 Å². The Labute approximate surface area is 123 Å². The van der Waals surface area contributed by atoms with Crippen molar-refractivity contribution in [1.82, 2.24) is 9.97 Å². The van der Waals surface area contributed by atoms with Crippen molar-refractivity contribution >= 4 is 29.0 Å². The standard InChI is InChI=1S/C14H19ClN4O/c1-9-10-11(19-13(15)17-9)16-8-14(12(20)18-10)6-4-2-3-5-7-14/h2-8H2,1H3,(H,18,20)(H,16,17,19). The summed E-state index contributed by atoms with van der Waals surface area (Å²) in [6.45, 7) is 2.46. The first-order chi connectivity index (χ1) is 9.61. The van der Waals surface area contributed by atoms with E-state index in [1.54, 1.807) is 0 Å². The first kappa shape index (κ1) is 13.6. The monoisotopic (exact) mass is 294 g/mol. The molecule has 1 aromatic rings. The lowest BCUT2D eigenvalue weighted by molar-refractivity contribution is -0.125. The van der Waals surface area contributed by atoms with Crippen molar-refractivity contribution in [2.45, 2.75) is 45.4 Å². The second-order valence-corrected chi connectivity index (χ2v) is 6.14. The normalized spacial score (nSPS) is 21.4. The summed E-state index contributed by atoms with van der Waals surface area (Å²) >= 11 is 5.90. The number of aromatic nitrogens is 2. The van der Waals surface area contributed by atoms with Crippen LogP contribution >= 0.6 is 11.6 Å². The van der Waals surface area contributed by atoms with Crippen LogP contribution in [0.15, 0.2) is 0 Å². The van der Waals surface area contributed by atoms with E-state index in [0.29, 0.717) is 23.7 Å². The Morgan fingerprint density at radius 2 is 1.85 bits per heavy atom. The van der Waals surface area contributed by atoms with Gasteiger partial charge in [0.1, 0.15) is 5.69 Å². The van der Waals surface area contributed by atoms with Gasteiger partial charge < -0.3 is 10.6 Å². The third-order valence-electron chi connectivity index (χ3n) is 4.44. The SMILES string of the molecule is Cc1nc(Cl)nc2c1NC(=O)C1(CCCCCC1)CN2. The van der Waals surface area contributed by atoms with Gasteiger partial charge in [-0.15, -0.1) is 0 Å². The van der Waals surface area contributed by atoms with E-state index in [0.717, 1.165) is 25.7 Å². The Hall–Kier alpha value is -1.36. The summed E-state index contributed by atoms with van der Waals surface area (Å²) in [4.78, 5) is 21.0. The van der Waals surface area contributed by atoms with E-state index in [-0.39, 0.29) is 16.6 Å². The maximum absolute atomic E-state index is 12.7. The Morgan fingerprint density at radius 1 is 1.15 bits per heavy atom. The molecule has 0 radical (unpaired) electrons. The summed E-state index contributed by atoms with van der Waals surface area (Å²) in [7, 11) is 0. The first-order valence-corrected chi connectivity index (χ1v) is 7.58. The van der Waals surface area contributed by atoms with E-state index in [2.05, 4.69) is 20.6 Å². The summed E-state index contributed by atoms with van der Waals surface area (Å²) in [5.41, 5.74) is 1.04. The lowest BCUT2D eigenvalue weighted by Crippen LogP contribution is -2.39. The van der Waals surface area contributed by atoms with Gasteiger partial charge in [-0.2, -0.15) is 4.98 Å². The van der Waals surface area contributed by atoms with Crippen LogP contribution in [0.5, 0.6) is 0 Å². The molecule has 2 N–H and O–H groups in total. The van der Waals surface area contributed by atoms with Crippen LogP contribution in [-0.4, -0.2) is 22.4 Å². The van der Waals surface area contributed by atoms with Gasteiger partial charge in [0, 0.05) is 6.54 Å². The molecule has 20 heavy (non-hydrogen) atoms. The molecule has 1 amide bonds. The van der Waals surface area contributed by atoms with Crippen molar-refractivity contribution < 1.29 is 4.79 Å². The smallest absolute Gasteiger partial charge is 0.232 e. The second-order valence-electron chi connectivity index (χ2n) is 5.80. The Morgan fingerprint density at radius 3 is 2.55 bits per heavy atom. The highest BCUT2D eigenvalue weighted by molar-refractivity contribution is 6.28. The van der Waals surface area contributed by atoms with E-state index in [1.807, 2.05) is 6.92 Å². The number of fused-ring (bicyclic) bond motifs is 1. The minimum Gasteiger partial charge on any atom is -0.367 e. The van der Waals surface area contributed by atoms with Gasteiger partial charge in [-0.3, -0.25) is 4.79 Å². The first-order valence-electron chi connectivity index (χ1n) is 7.20. The number of carbonyl (C=O) groups excluding carboxylic acids is 1. The summed E-state index contributed by atoms with van der Waals surface area (Å²) in [6, 6.07) is 0. The number of hydrogen-bond donors (Lipinski definition) is 2. The van der Waals surface area contributed by atoms with Crippen LogP contribution in [0.25, 0.3) is 0 Å². The summed E-state index contributed by atoms with van der Waals surface area (Å²) in [5, 5.41) is 6.54. The maximum atomic E-state index is 12.7. The molecule has 3 rings (SSSR count). The molecule has 6 heteroatoms. The number of nitrogens with one attached hydrogen (secondary N) is 2. The summed E-state index contributed by atoms with van der Waals surface area (Å²) < 4.78 is 0. The molecule has 0 atom stereocenters. The van der Waals surface area contributed by atoms with Gasteiger partial charge in [0.15, 0.2) is 5.82 Å². The van der Waals surface area contributed by atoms with E-state index < -0.39 is 0 Å². The fourth-order valence-electron chi connectivity index (χ4n) is 3.20. The van der Waals surface area contributed by atoms with E-state index in [9.17, 15) is 4.79 Å². The minimum atomic E-state index is -0.323. The van der Waals surface area contributed by atoms with Crippen molar-refractivity contribution in [2.24, 2.45) is 5.41 Å². The highest BCUT2D eigenvalue weighted by atomic mass is 35.5. The highest BCUT2D eigenvalue weighted by Gasteiger charge is 2.41.